The maximum absolute atomic E-state index is 5.54. The molecule has 80 valence electrons. The first-order valence-electron chi connectivity index (χ1n) is 5.04. The molecule has 0 heterocycles. The predicted octanol–water partition coefficient (Wildman–Crippen LogP) is 1.43. The largest absolute Gasteiger partial charge is 0.385 e. The van der Waals surface area contributed by atoms with Gasteiger partial charge >= 0.3 is 0 Å². The Morgan fingerprint density at radius 2 is 2.00 bits per heavy atom. The molecule has 0 aromatic heterocycles. The maximum Gasteiger partial charge on any atom is 0.0623 e. The molecule has 0 aromatic rings. The number of methoxy groups -OCH3 is 1. The third-order valence-electron chi connectivity index (χ3n) is 1.79. The molecule has 0 aliphatic rings. The summed E-state index contributed by atoms with van der Waals surface area (Å²) in [6.45, 7) is 8.76. The second kappa shape index (κ2) is 8.48. The second-order valence-corrected chi connectivity index (χ2v) is 3.42. The minimum absolute atomic E-state index is 0.309. The molecule has 0 aliphatic heterocycles. The molecule has 1 N–H and O–H groups in total. The lowest BCUT2D eigenvalue weighted by atomic mass is 10.2. The lowest BCUT2D eigenvalue weighted by Crippen LogP contribution is -2.35. The van der Waals surface area contributed by atoms with Gasteiger partial charge in [-0.15, -0.1) is 0 Å². The molecule has 0 radical (unpaired) electrons. The fraction of sp³-hybridized carbons (Fsp3) is 1.00. The zero-order valence-electron chi connectivity index (χ0n) is 9.30. The van der Waals surface area contributed by atoms with Crippen LogP contribution in [0.15, 0.2) is 0 Å². The summed E-state index contributed by atoms with van der Waals surface area (Å²) in [5, 5.41) is 3.37. The number of ether oxygens (including phenoxy) is 2. The normalized spacial score (nSPS) is 13.6. The highest BCUT2D eigenvalue weighted by Crippen LogP contribution is 1.96. The van der Waals surface area contributed by atoms with Gasteiger partial charge in [-0.1, -0.05) is 6.92 Å². The Hall–Kier alpha value is -0.120. The van der Waals surface area contributed by atoms with E-state index in [4.69, 9.17) is 9.47 Å². The van der Waals surface area contributed by atoms with E-state index < -0.39 is 0 Å². The van der Waals surface area contributed by atoms with E-state index >= 15 is 0 Å². The lowest BCUT2D eigenvalue weighted by Gasteiger charge is -2.18. The molecule has 0 bridgehead atoms. The van der Waals surface area contributed by atoms with E-state index in [0.29, 0.717) is 12.1 Å². The highest BCUT2D eigenvalue weighted by atomic mass is 16.5. The van der Waals surface area contributed by atoms with E-state index in [0.717, 1.165) is 26.2 Å². The Labute approximate surface area is 81.8 Å². The van der Waals surface area contributed by atoms with Crippen molar-refractivity contribution in [3.63, 3.8) is 0 Å². The summed E-state index contributed by atoms with van der Waals surface area (Å²) in [5.41, 5.74) is 0. The van der Waals surface area contributed by atoms with E-state index in [1.165, 1.54) is 0 Å². The molecule has 0 aliphatic carbocycles. The van der Waals surface area contributed by atoms with Gasteiger partial charge in [0.2, 0.25) is 0 Å². The average Bonchev–Trinajstić information content (AvgIpc) is 2.09. The molecule has 1 atom stereocenters. The first kappa shape index (κ1) is 12.9. The Kier molecular flexibility index (Phi) is 8.40. The van der Waals surface area contributed by atoms with Crippen LogP contribution in [0, 0.1) is 0 Å². The van der Waals surface area contributed by atoms with Crippen LogP contribution < -0.4 is 5.32 Å². The highest BCUT2D eigenvalue weighted by Gasteiger charge is 2.07. The van der Waals surface area contributed by atoms with E-state index in [9.17, 15) is 0 Å². The quantitative estimate of drug-likeness (QED) is 0.626. The van der Waals surface area contributed by atoms with Crippen LogP contribution >= 0.6 is 0 Å². The van der Waals surface area contributed by atoms with Crippen LogP contribution in [-0.4, -0.2) is 39.0 Å². The molecular formula is C10H23NO2. The summed E-state index contributed by atoms with van der Waals surface area (Å²) in [6.07, 6.45) is 1.32. The third-order valence-corrected chi connectivity index (χ3v) is 1.79. The van der Waals surface area contributed by atoms with Crippen molar-refractivity contribution in [2.75, 3.05) is 26.9 Å². The van der Waals surface area contributed by atoms with Crippen molar-refractivity contribution in [3.05, 3.63) is 0 Å². The predicted molar refractivity (Wildman–Crippen MR) is 55.0 cm³/mol. The first-order chi connectivity index (χ1) is 6.20. The fourth-order valence-corrected chi connectivity index (χ4v) is 1.10. The summed E-state index contributed by atoms with van der Waals surface area (Å²) < 4.78 is 10.6. The van der Waals surface area contributed by atoms with Gasteiger partial charge in [0.15, 0.2) is 0 Å². The summed E-state index contributed by atoms with van der Waals surface area (Å²) in [5.74, 6) is 0. The van der Waals surface area contributed by atoms with E-state index in [2.05, 4.69) is 26.1 Å². The Morgan fingerprint density at radius 1 is 1.31 bits per heavy atom. The minimum Gasteiger partial charge on any atom is -0.385 e. The Morgan fingerprint density at radius 3 is 2.46 bits per heavy atom. The number of nitrogens with one attached hydrogen (secondary N) is 1. The molecule has 3 nitrogen and oxygen atoms in total. The summed E-state index contributed by atoms with van der Waals surface area (Å²) in [7, 11) is 1.73. The zero-order valence-corrected chi connectivity index (χ0v) is 9.30. The van der Waals surface area contributed by atoms with E-state index in [-0.39, 0.29) is 0 Å². The van der Waals surface area contributed by atoms with Gasteiger partial charge in [0.05, 0.1) is 12.7 Å². The molecule has 13 heavy (non-hydrogen) atoms. The Balaban J connectivity index is 3.53. The van der Waals surface area contributed by atoms with Crippen molar-refractivity contribution < 1.29 is 9.47 Å². The summed E-state index contributed by atoms with van der Waals surface area (Å²) in [4.78, 5) is 0. The fourth-order valence-electron chi connectivity index (χ4n) is 1.10. The van der Waals surface area contributed by atoms with Gasteiger partial charge in [-0.2, -0.15) is 0 Å². The van der Waals surface area contributed by atoms with Crippen LogP contribution in [0.5, 0.6) is 0 Å². The van der Waals surface area contributed by atoms with Crippen molar-refractivity contribution in [3.8, 4) is 0 Å². The minimum atomic E-state index is 0.309. The molecule has 0 aromatic carbocycles. The van der Waals surface area contributed by atoms with Crippen LogP contribution in [-0.2, 0) is 9.47 Å². The van der Waals surface area contributed by atoms with Crippen LogP contribution in [0.3, 0.4) is 0 Å². The topological polar surface area (TPSA) is 30.5 Å². The number of rotatable bonds is 8. The molecule has 0 amide bonds. The molecule has 0 saturated carbocycles. The smallest absolute Gasteiger partial charge is 0.0623 e. The van der Waals surface area contributed by atoms with Gasteiger partial charge in [0.25, 0.3) is 0 Å². The van der Waals surface area contributed by atoms with Crippen LogP contribution in [0.4, 0.5) is 0 Å². The van der Waals surface area contributed by atoms with Gasteiger partial charge in [-0.3, -0.25) is 0 Å². The average molecular weight is 189 g/mol. The maximum atomic E-state index is 5.54. The number of hydrogen-bond donors (Lipinski definition) is 1. The molecule has 0 fully saturated rings. The standard InChI is InChI=1S/C10H23NO2/c1-5-11-10(6-7-12-4)8-13-9(2)3/h9-11H,5-8H2,1-4H3. The van der Waals surface area contributed by atoms with Crippen molar-refractivity contribution in [1.82, 2.24) is 5.32 Å². The monoisotopic (exact) mass is 189 g/mol. The lowest BCUT2D eigenvalue weighted by molar-refractivity contribution is 0.0532. The summed E-state index contributed by atoms with van der Waals surface area (Å²) in [6, 6.07) is 0.423. The van der Waals surface area contributed by atoms with Gasteiger partial charge in [-0.05, 0) is 26.8 Å². The molecule has 0 rings (SSSR count). The SMILES string of the molecule is CCNC(CCOC)COC(C)C. The molecular weight excluding hydrogens is 166 g/mol. The van der Waals surface area contributed by atoms with Gasteiger partial charge < -0.3 is 14.8 Å². The highest BCUT2D eigenvalue weighted by molar-refractivity contribution is 4.65. The second-order valence-electron chi connectivity index (χ2n) is 3.42. The van der Waals surface area contributed by atoms with Crippen molar-refractivity contribution in [2.24, 2.45) is 0 Å². The number of hydrogen-bond acceptors (Lipinski definition) is 3. The van der Waals surface area contributed by atoms with Crippen molar-refractivity contribution in [1.29, 1.82) is 0 Å². The van der Waals surface area contributed by atoms with Crippen LogP contribution in [0.2, 0.25) is 0 Å². The summed E-state index contributed by atoms with van der Waals surface area (Å²) >= 11 is 0. The van der Waals surface area contributed by atoms with Crippen molar-refractivity contribution in [2.45, 2.75) is 39.3 Å². The molecule has 3 heteroatoms. The zero-order chi connectivity index (χ0) is 10.1. The van der Waals surface area contributed by atoms with Gasteiger partial charge in [0, 0.05) is 19.8 Å². The van der Waals surface area contributed by atoms with Gasteiger partial charge in [0.1, 0.15) is 0 Å². The van der Waals surface area contributed by atoms with Crippen LogP contribution in [0.1, 0.15) is 27.2 Å². The molecule has 0 saturated heterocycles. The van der Waals surface area contributed by atoms with Crippen molar-refractivity contribution >= 4 is 0 Å². The van der Waals surface area contributed by atoms with Crippen LogP contribution in [0.25, 0.3) is 0 Å². The van der Waals surface area contributed by atoms with Gasteiger partial charge in [-0.25, -0.2) is 0 Å². The third kappa shape index (κ3) is 8.22. The van der Waals surface area contributed by atoms with E-state index in [1.54, 1.807) is 7.11 Å². The Bertz CT molecular complexity index is 107. The number of likely N-dealkylation sites (N-methyl/N-ethyl adjacent to an activating group) is 1. The molecule has 1 unspecified atom stereocenters. The van der Waals surface area contributed by atoms with E-state index in [1.807, 2.05) is 0 Å². The molecule has 0 spiro atoms. The first-order valence-corrected chi connectivity index (χ1v) is 5.04.